The van der Waals surface area contributed by atoms with Crippen LogP contribution in [0.4, 0.5) is 0 Å². The molecule has 0 radical (unpaired) electrons. The number of hydrogen-bond donors (Lipinski definition) is 3. The van der Waals surface area contributed by atoms with Crippen LogP contribution in [0.1, 0.15) is 13.3 Å². The van der Waals surface area contributed by atoms with Gasteiger partial charge in [-0.15, -0.1) is 6.58 Å². The molecule has 0 saturated carbocycles. The molecular weight excluding hydrogens is 156 g/mol. The van der Waals surface area contributed by atoms with Gasteiger partial charge in [0.2, 0.25) is 5.91 Å². The normalized spacial score (nSPS) is 14.9. The third kappa shape index (κ3) is 4.87. The van der Waals surface area contributed by atoms with Crippen LogP contribution in [0.25, 0.3) is 0 Å². The average molecular weight is 172 g/mol. The van der Waals surface area contributed by atoms with Crippen LogP contribution < -0.4 is 11.1 Å². The Bertz CT molecular complexity index is 157. The second-order valence-corrected chi connectivity index (χ2v) is 2.70. The monoisotopic (exact) mass is 172 g/mol. The Morgan fingerprint density at radius 3 is 2.83 bits per heavy atom. The molecule has 1 amide bonds. The second-order valence-electron chi connectivity index (χ2n) is 2.70. The van der Waals surface area contributed by atoms with Crippen molar-refractivity contribution in [2.75, 3.05) is 6.54 Å². The van der Waals surface area contributed by atoms with Crippen molar-refractivity contribution >= 4 is 5.91 Å². The molecule has 0 heterocycles. The van der Waals surface area contributed by atoms with E-state index in [9.17, 15) is 4.79 Å². The number of rotatable bonds is 5. The highest BCUT2D eigenvalue weighted by atomic mass is 16.3. The van der Waals surface area contributed by atoms with Gasteiger partial charge < -0.3 is 16.2 Å². The largest absolute Gasteiger partial charge is 0.392 e. The maximum Gasteiger partial charge on any atom is 0.223 e. The fraction of sp³-hybridized carbons (Fsp3) is 0.625. The summed E-state index contributed by atoms with van der Waals surface area (Å²) < 4.78 is 0. The van der Waals surface area contributed by atoms with Crippen molar-refractivity contribution in [1.82, 2.24) is 5.32 Å². The zero-order chi connectivity index (χ0) is 9.56. The van der Waals surface area contributed by atoms with Crippen LogP contribution in [0.15, 0.2) is 12.7 Å². The summed E-state index contributed by atoms with van der Waals surface area (Å²) in [6.45, 7) is 5.31. The number of amides is 1. The first-order valence-corrected chi connectivity index (χ1v) is 3.89. The van der Waals surface area contributed by atoms with E-state index in [4.69, 9.17) is 10.8 Å². The van der Waals surface area contributed by atoms with E-state index >= 15 is 0 Å². The molecule has 0 bridgehead atoms. The van der Waals surface area contributed by atoms with Gasteiger partial charge in [0.15, 0.2) is 0 Å². The number of hydrogen-bond acceptors (Lipinski definition) is 3. The lowest BCUT2D eigenvalue weighted by Gasteiger charge is -2.14. The van der Waals surface area contributed by atoms with E-state index in [0.717, 1.165) is 0 Å². The Labute approximate surface area is 72.4 Å². The molecule has 12 heavy (non-hydrogen) atoms. The minimum atomic E-state index is -0.603. The van der Waals surface area contributed by atoms with Crippen LogP contribution >= 0.6 is 0 Å². The van der Waals surface area contributed by atoms with Crippen molar-refractivity contribution in [3.05, 3.63) is 12.7 Å². The van der Waals surface area contributed by atoms with Crippen molar-refractivity contribution in [3.63, 3.8) is 0 Å². The van der Waals surface area contributed by atoms with Crippen LogP contribution in [0.2, 0.25) is 0 Å². The lowest BCUT2D eigenvalue weighted by Crippen LogP contribution is -2.43. The fourth-order valence-corrected chi connectivity index (χ4v) is 0.606. The van der Waals surface area contributed by atoms with E-state index in [2.05, 4.69) is 11.9 Å². The van der Waals surface area contributed by atoms with Gasteiger partial charge in [0, 0.05) is 19.0 Å². The van der Waals surface area contributed by atoms with Gasteiger partial charge in [0.25, 0.3) is 0 Å². The van der Waals surface area contributed by atoms with E-state index < -0.39 is 12.1 Å². The maximum absolute atomic E-state index is 10.9. The predicted octanol–water partition coefficient (Wildman–Crippen LogP) is -0.613. The van der Waals surface area contributed by atoms with Gasteiger partial charge in [-0.1, -0.05) is 6.08 Å². The van der Waals surface area contributed by atoms with Crippen molar-refractivity contribution in [2.45, 2.75) is 25.5 Å². The van der Waals surface area contributed by atoms with E-state index in [0.29, 0.717) is 6.54 Å². The van der Waals surface area contributed by atoms with Gasteiger partial charge >= 0.3 is 0 Å². The molecule has 0 aliphatic heterocycles. The topological polar surface area (TPSA) is 75.4 Å². The third-order valence-corrected chi connectivity index (χ3v) is 1.48. The number of carbonyl (C=O) groups excluding carboxylic acids is 1. The summed E-state index contributed by atoms with van der Waals surface area (Å²) in [5.74, 6) is -0.124. The standard InChI is InChI=1S/C8H16N2O2/c1-3-4-8(12)10-5-7(9)6(2)11/h3,6-7,11H,1,4-5,9H2,2H3,(H,10,12). The molecule has 0 fully saturated rings. The number of aliphatic hydroxyl groups is 1. The highest BCUT2D eigenvalue weighted by Crippen LogP contribution is 1.86. The Morgan fingerprint density at radius 2 is 2.42 bits per heavy atom. The summed E-state index contributed by atoms with van der Waals surface area (Å²) in [5.41, 5.74) is 5.47. The maximum atomic E-state index is 10.9. The fourth-order valence-electron chi connectivity index (χ4n) is 0.606. The SMILES string of the molecule is C=CCC(=O)NCC(N)C(C)O. The van der Waals surface area contributed by atoms with Gasteiger partial charge in [0.05, 0.1) is 6.10 Å². The molecular formula is C8H16N2O2. The summed E-state index contributed by atoms with van der Waals surface area (Å²) in [7, 11) is 0. The summed E-state index contributed by atoms with van der Waals surface area (Å²) >= 11 is 0. The molecule has 0 aromatic heterocycles. The third-order valence-electron chi connectivity index (χ3n) is 1.48. The summed E-state index contributed by atoms with van der Waals surface area (Å²) in [5, 5.41) is 11.5. The molecule has 4 N–H and O–H groups in total. The van der Waals surface area contributed by atoms with Crippen molar-refractivity contribution in [3.8, 4) is 0 Å². The van der Waals surface area contributed by atoms with Crippen LogP contribution in [0.5, 0.6) is 0 Å². The van der Waals surface area contributed by atoms with Gasteiger partial charge in [-0.3, -0.25) is 4.79 Å². The zero-order valence-corrected chi connectivity index (χ0v) is 7.29. The molecule has 0 spiro atoms. The molecule has 70 valence electrons. The first-order valence-electron chi connectivity index (χ1n) is 3.89. The summed E-state index contributed by atoms with van der Waals surface area (Å²) in [6.07, 6.45) is 1.20. The molecule has 0 aromatic carbocycles. The Hall–Kier alpha value is -0.870. The molecule has 4 nitrogen and oxygen atoms in total. The highest BCUT2D eigenvalue weighted by molar-refractivity contribution is 5.77. The van der Waals surface area contributed by atoms with Crippen LogP contribution in [-0.4, -0.2) is 29.7 Å². The molecule has 4 heteroatoms. The summed E-state index contributed by atoms with van der Waals surface area (Å²) in [4.78, 5) is 10.9. The molecule has 0 rings (SSSR count). The first kappa shape index (κ1) is 11.1. The minimum Gasteiger partial charge on any atom is -0.392 e. The van der Waals surface area contributed by atoms with Gasteiger partial charge in [-0.05, 0) is 6.92 Å². The molecule has 0 aliphatic carbocycles. The van der Waals surface area contributed by atoms with Crippen LogP contribution in [0, 0.1) is 0 Å². The number of nitrogens with two attached hydrogens (primary N) is 1. The van der Waals surface area contributed by atoms with Crippen molar-refractivity contribution in [2.24, 2.45) is 5.73 Å². The second kappa shape index (κ2) is 5.74. The Morgan fingerprint density at radius 1 is 1.83 bits per heavy atom. The van der Waals surface area contributed by atoms with Gasteiger partial charge in [-0.25, -0.2) is 0 Å². The number of carbonyl (C=O) groups is 1. The summed E-state index contributed by atoms with van der Waals surface area (Å²) in [6, 6.07) is -0.404. The van der Waals surface area contributed by atoms with Crippen molar-refractivity contribution < 1.29 is 9.90 Å². The first-order chi connectivity index (χ1) is 5.57. The molecule has 2 atom stereocenters. The van der Waals surface area contributed by atoms with Crippen LogP contribution in [0.3, 0.4) is 0 Å². The molecule has 2 unspecified atom stereocenters. The number of nitrogens with one attached hydrogen (secondary N) is 1. The van der Waals surface area contributed by atoms with E-state index in [1.165, 1.54) is 6.08 Å². The van der Waals surface area contributed by atoms with Crippen molar-refractivity contribution in [1.29, 1.82) is 0 Å². The lowest BCUT2D eigenvalue weighted by molar-refractivity contribution is -0.120. The smallest absolute Gasteiger partial charge is 0.223 e. The Balaban J connectivity index is 3.53. The molecule has 0 saturated heterocycles. The Kier molecular flexibility index (Phi) is 5.32. The minimum absolute atomic E-state index is 0.124. The molecule has 0 aliphatic rings. The van der Waals surface area contributed by atoms with Crippen LogP contribution in [-0.2, 0) is 4.79 Å². The van der Waals surface area contributed by atoms with Gasteiger partial charge in [-0.2, -0.15) is 0 Å². The van der Waals surface area contributed by atoms with E-state index in [1.807, 2.05) is 0 Å². The quantitative estimate of drug-likeness (QED) is 0.484. The van der Waals surface area contributed by atoms with Gasteiger partial charge in [0.1, 0.15) is 0 Å². The zero-order valence-electron chi connectivity index (χ0n) is 7.29. The number of aliphatic hydroxyl groups excluding tert-OH is 1. The van der Waals surface area contributed by atoms with E-state index in [1.54, 1.807) is 6.92 Å². The highest BCUT2D eigenvalue weighted by Gasteiger charge is 2.09. The lowest BCUT2D eigenvalue weighted by atomic mass is 10.2. The van der Waals surface area contributed by atoms with E-state index in [-0.39, 0.29) is 12.3 Å². The predicted molar refractivity (Wildman–Crippen MR) is 47.5 cm³/mol. The molecule has 0 aromatic rings. The average Bonchev–Trinajstić information content (AvgIpc) is 2.00.